The van der Waals surface area contributed by atoms with Gasteiger partial charge in [0.1, 0.15) is 6.42 Å². The van der Waals surface area contributed by atoms with Crippen molar-refractivity contribution in [1.29, 1.82) is 5.26 Å². The monoisotopic (exact) mass is 252 g/mol. The van der Waals surface area contributed by atoms with E-state index in [1.165, 1.54) is 0 Å². The summed E-state index contributed by atoms with van der Waals surface area (Å²) in [5.74, 6) is -0.146. The van der Waals surface area contributed by atoms with Crippen molar-refractivity contribution < 1.29 is 9.59 Å². The largest absolute Gasteiger partial charge is 0.338 e. The average molecular weight is 252 g/mol. The van der Waals surface area contributed by atoms with Crippen LogP contribution in [0.25, 0.3) is 0 Å². The lowest BCUT2D eigenvalue weighted by atomic mass is 10.3. The molecule has 0 aromatic heterocycles. The highest BCUT2D eigenvalue weighted by molar-refractivity contribution is 5.79. The Morgan fingerprint density at radius 1 is 1.11 bits per heavy atom. The fourth-order valence-corrected chi connectivity index (χ4v) is 2.02. The number of carbonyl (C=O) groups is 2. The van der Waals surface area contributed by atoms with Crippen LogP contribution in [0.5, 0.6) is 0 Å². The molecule has 0 unspecified atom stereocenters. The van der Waals surface area contributed by atoms with Gasteiger partial charge in [0.15, 0.2) is 0 Å². The second-order valence-corrected chi connectivity index (χ2v) is 4.16. The van der Waals surface area contributed by atoms with Gasteiger partial charge in [0.2, 0.25) is 5.91 Å². The quantitative estimate of drug-likeness (QED) is 0.734. The third-order valence-corrected chi connectivity index (χ3v) is 3.17. The van der Waals surface area contributed by atoms with Crippen molar-refractivity contribution in [2.45, 2.75) is 20.3 Å². The van der Waals surface area contributed by atoms with Crippen molar-refractivity contribution in [3.05, 3.63) is 0 Å². The molecule has 0 aliphatic carbocycles. The second kappa shape index (κ2) is 6.84. The molecule has 6 nitrogen and oxygen atoms in total. The predicted molar refractivity (Wildman–Crippen MR) is 66.7 cm³/mol. The minimum absolute atomic E-state index is 0.0346. The lowest BCUT2D eigenvalue weighted by molar-refractivity contribution is -0.131. The summed E-state index contributed by atoms with van der Waals surface area (Å²) in [5, 5.41) is 8.48. The van der Waals surface area contributed by atoms with Gasteiger partial charge in [0.25, 0.3) is 0 Å². The van der Waals surface area contributed by atoms with E-state index in [1.54, 1.807) is 14.7 Å². The molecule has 0 aromatic carbocycles. The van der Waals surface area contributed by atoms with Crippen LogP contribution in [-0.4, -0.2) is 65.9 Å². The number of hydrogen-bond acceptors (Lipinski definition) is 3. The van der Waals surface area contributed by atoms with Crippen molar-refractivity contribution in [3.8, 4) is 6.07 Å². The highest BCUT2D eigenvalue weighted by Crippen LogP contribution is 2.07. The molecule has 18 heavy (non-hydrogen) atoms. The predicted octanol–water partition coefficient (Wildman–Crippen LogP) is 0.506. The van der Waals surface area contributed by atoms with Gasteiger partial charge in [0.05, 0.1) is 6.07 Å². The molecule has 0 spiro atoms. The smallest absolute Gasteiger partial charge is 0.320 e. The van der Waals surface area contributed by atoms with Gasteiger partial charge in [-0.25, -0.2) is 4.79 Å². The zero-order chi connectivity index (χ0) is 13.5. The molecule has 1 rings (SSSR count). The number of nitrogens with zero attached hydrogens (tertiary/aromatic N) is 4. The van der Waals surface area contributed by atoms with E-state index in [-0.39, 0.29) is 18.4 Å². The summed E-state index contributed by atoms with van der Waals surface area (Å²) in [6, 6.07) is 1.89. The molecule has 3 amide bonds. The standard InChI is InChI=1S/C12H20N4O2/c1-3-14(4-2)12(18)16-9-7-15(8-10-16)11(17)5-6-13/h3-5,7-10H2,1-2H3. The molecule has 1 aliphatic heterocycles. The maximum atomic E-state index is 12.1. The van der Waals surface area contributed by atoms with Gasteiger partial charge in [0, 0.05) is 39.3 Å². The lowest BCUT2D eigenvalue weighted by Crippen LogP contribution is -2.54. The van der Waals surface area contributed by atoms with Crippen LogP contribution in [0, 0.1) is 11.3 Å². The molecule has 1 aliphatic rings. The van der Waals surface area contributed by atoms with Crippen molar-refractivity contribution in [2.75, 3.05) is 39.3 Å². The van der Waals surface area contributed by atoms with E-state index in [0.717, 1.165) is 0 Å². The molecular weight excluding hydrogens is 232 g/mol. The Morgan fingerprint density at radius 2 is 1.61 bits per heavy atom. The molecule has 0 saturated carbocycles. The third-order valence-electron chi connectivity index (χ3n) is 3.17. The van der Waals surface area contributed by atoms with E-state index >= 15 is 0 Å². The molecule has 0 aromatic rings. The van der Waals surface area contributed by atoms with E-state index in [0.29, 0.717) is 39.3 Å². The SMILES string of the molecule is CCN(CC)C(=O)N1CCN(C(=O)CC#N)CC1. The molecule has 6 heteroatoms. The van der Waals surface area contributed by atoms with Crippen LogP contribution in [0.2, 0.25) is 0 Å². The van der Waals surface area contributed by atoms with Gasteiger partial charge >= 0.3 is 6.03 Å². The molecule has 0 radical (unpaired) electrons. The number of nitriles is 1. The maximum absolute atomic E-state index is 12.1. The minimum atomic E-state index is -0.146. The highest BCUT2D eigenvalue weighted by Gasteiger charge is 2.25. The first kappa shape index (κ1) is 14.3. The molecule has 1 fully saturated rings. The van der Waals surface area contributed by atoms with Crippen molar-refractivity contribution >= 4 is 11.9 Å². The molecule has 100 valence electrons. The Labute approximate surface area is 108 Å². The first-order chi connectivity index (χ1) is 8.63. The van der Waals surface area contributed by atoms with Crippen molar-refractivity contribution in [1.82, 2.24) is 14.7 Å². The highest BCUT2D eigenvalue weighted by atomic mass is 16.2. The van der Waals surface area contributed by atoms with E-state index in [9.17, 15) is 9.59 Å². The van der Waals surface area contributed by atoms with Crippen LogP contribution in [0.1, 0.15) is 20.3 Å². The Hall–Kier alpha value is -1.77. The van der Waals surface area contributed by atoms with E-state index < -0.39 is 0 Å². The number of rotatable bonds is 3. The Bertz CT molecular complexity index is 338. The molecule has 1 heterocycles. The molecule has 0 N–H and O–H groups in total. The van der Waals surface area contributed by atoms with Gasteiger partial charge in [-0.1, -0.05) is 0 Å². The number of amides is 3. The van der Waals surface area contributed by atoms with E-state index in [1.807, 2.05) is 19.9 Å². The number of piperazine rings is 1. The number of urea groups is 1. The van der Waals surface area contributed by atoms with Crippen molar-refractivity contribution in [3.63, 3.8) is 0 Å². The first-order valence-electron chi connectivity index (χ1n) is 6.32. The summed E-state index contributed by atoms with van der Waals surface area (Å²) in [7, 11) is 0. The maximum Gasteiger partial charge on any atom is 0.320 e. The summed E-state index contributed by atoms with van der Waals surface area (Å²) < 4.78 is 0. The zero-order valence-electron chi connectivity index (χ0n) is 11.1. The second-order valence-electron chi connectivity index (χ2n) is 4.16. The summed E-state index contributed by atoms with van der Waals surface area (Å²) in [5.41, 5.74) is 0. The normalized spacial score (nSPS) is 15.2. The Morgan fingerprint density at radius 3 is 2.06 bits per heavy atom. The van der Waals surface area contributed by atoms with Gasteiger partial charge < -0.3 is 14.7 Å². The summed E-state index contributed by atoms with van der Waals surface area (Å²) in [6.07, 6.45) is -0.0794. The van der Waals surface area contributed by atoms with Crippen LogP contribution in [-0.2, 0) is 4.79 Å². The summed E-state index contributed by atoms with van der Waals surface area (Å²) in [4.78, 5) is 28.8. The van der Waals surface area contributed by atoms with Gasteiger partial charge in [-0.15, -0.1) is 0 Å². The fourth-order valence-electron chi connectivity index (χ4n) is 2.02. The minimum Gasteiger partial charge on any atom is -0.338 e. The van der Waals surface area contributed by atoms with Gasteiger partial charge in [-0.3, -0.25) is 4.79 Å². The van der Waals surface area contributed by atoms with Crippen LogP contribution in [0.4, 0.5) is 4.79 Å². The average Bonchev–Trinajstić information content (AvgIpc) is 2.40. The molecule has 0 atom stereocenters. The zero-order valence-corrected chi connectivity index (χ0v) is 11.1. The van der Waals surface area contributed by atoms with E-state index in [4.69, 9.17) is 5.26 Å². The van der Waals surface area contributed by atoms with Gasteiger partial charge in [-0.05, 0) is 13.8 Å². The van der Waals surface area contributed by atoms with Crippen LogP contribution in [0.15, 0.2) is 0 Å². The summed E-state index contributed by atoms with van der Waals surface area (Å²) in [6.45, 7) is 7.44. The van der Waals surface area contributed by atoms with Crippen LogP contribution < -0.4 is 0 Å². The third kappa shape index (κ3) is 3.36. The first-order valence-corrected chi connectivity index (χ1v) is 6.32. The molecule has 0 bridgehead atoms. The summed E-state index contributed by atoms with van der Waals surface area (Å²) >= 11 is 0. The fraction of sp³-hybridized carbons (Fsp3) is 0.750. The topological polar surface area (TPSA) is 67.7 Å². The Kier molecular flexibility index (Phi) is 5.43. The van der Waals surface area contributed by atoms with E-state index in [2.05, 4.69) is 0 Å². The van der Waals surface area contributed by atoms with Gasteiger partial charge in [-0.2, -0.15) is 5.26 Å². The van der Waals surface area contributed by atoms with Crippen LogP contribution >= 0.6 is 0 Å². The Balaban J connectivity index is 2.46. The molecule has 1 saturated heterocycles. The van der Waals surface area contributed by atoms with Crippen LogP contribution in [0.3, 0.4) is 0 Å². The number of hydrogen-bond donors (Lipinski definition) is 0. The van der Waals surface area contributed by atoms with Crippen molar-refractivity contribution in [2.24, 2.45) is 0 Å². The lowest BCUT2D eigenvalue weighted by Gasteiger charge is -2.36. The number of carbonyl (C=O) groups excluding carboxylic acids is 2. The molecular formula is C12H20N4O2.